The molecule has 1 aromatic heterocycles. The molecule has 0 amide bonds. The predicted octanol–water partition coefficient (Wildman–Crippen LogP) is 1.77. The first-order valence-electron chi connectivity index (χ1n) is 5.81. The maximum absolute atomic E-state index is 12.1. The van der Waals surface area contributed by atoms with Crippen LogP contribution in [0, 0.1) is 5.92 Å². The van der Waals surface area contributed by atoms with Crippen molar-refractivity contribution in [2.45, 2.75) is 26.3 Å². The van der Waals surface area contributed by atoms with Crippen molar-refractivity contribution in [3.05, 3.63) is 21.2 Å². The van der Waals surface area contributed by atoms with Gasteiger partial charge in [0, 0.05) is 6.20 Å². The summed E-state index contributed by atoms with van der Waals surface area (Å²) in [5.41, 5.74) is -0.457. The van der Waals surface area contributed by atoms with Gasteiger partial charge in [0.15, 0.2) is 0 Å². The first-order chi connectivity index (χ1) is 8.90. The van der Waals surface area contributed by atoms with Crippen molar-refractivity contribution in [1.29, 1.82) is 0 Å². The lowest BCUT2D eigenvalue weighted by atomic mass is 10.0. The highest BCUT2D eigenvalue weighted by Crippen LogP contribution is 2.20. The van der Waals surface area contributed by atoms with E-state index in [0.29, 0.717) is 11.0 Å². The van der Waals surface area contributed by atoms with Crippen LogP contribution in [0.25, 0.3) is 0 Å². The minimum atomic E-state index is -0.689. The molecular weight excluding hydrogens is 316 g/mol. The Labute approximate surface area is 119 Å². The summed E-state index contributed by atoms with van der Waals surface area (Å²) in [6.07, 6.45) is 1.96. The van der Waals surface area contributed by atoms with Gasteiger partial charge in [-0.2, -0.15) is 4.98 Å². The Morgan fingerprint density at radius 3 is 2.58 bits per heavy atom. The standard InChI is InChI=1S/C12H17BrN2O4/c1-7(2)5-8(12(17)19-4)15-6-9(13)14-10(18-3)11(15)16/h6-8H,5H2,1-4H3/t8-/m0/s1. The third-order valence-corrected chi connectivity index (χ3v) is 2.95. The van der Waals surface area contributed by atoms with E-state index in [0.717, 1.165) is 0 Å². The molecule has 1 heterocycles. The minimum absolute atomic E-state index is 0.0629. The summed E-state index contributed by atoms with van der Waals surface area (Å²) in [6.45, 7) is 3.93. The van der Waals surface area contributed by atoms with Crippen LogP contribution in [-0.4, -0.2) is 29.7 Å². The second-order valence-electron chi connectivity index (χ2n) is 4.45. The number of methoxy groups -OCH3 is 2. The maximum Gasteiger partial charge on any atom is 0.328 e. The van der Waals surface area contributed by atoms with E-state index in [2.05, 4.69) is 20.9 Å². The average Bonchev–Trinajstić information content (AvgIpc) is 2.37. The van der Waals surface area contributed by atoms with Gasteiger partial charge in [-0.05, 0) is 28.3 Å². The lowest BCUT2D eigenvalue weighted by molar-refractivity contribution is -0.145. The first kappa shape index (κ1) is 15.7. The summed E-state index contributed by atoms with van der Waals surface area (Å²) in [5.74, 6) is -0.295. The van der Waals surface area contributed by atoms with E-state index in [1.165, 1.54) is 25.0 Å². The van der Waals surface area contributed by atoms with Gasteiger partial charge in [0.05, 0.1) is 14.2 Å². The molecule has 0 unspecified atom stereocenters. The molecule has 0 aromatic carbocycles. The quantitative estimate of drug-likeness (QED) is 0.768. The van der Waals surface area contributed by atoms with Crippen LogP contribution in [0.4, 0.5) is 0 Å². The molecule has 7 heteroatoms. The van der Waals surface area contributed by atoms with Crippen molar-refractivity contribution >= 4 is 21.9 Å². The molecule has 0 radical (unpaired) electrons. The summed E-state index contributed by atoms with van der Waals surface area (Å²) < 4.78 is 11.4. The van der Waals surface area contributed by atoms with E-state index in [4.69, 9.17) is 9.47 Å². The number of rotatable bonds is 5. The lowest BCUT2D eigenvalue weighted by Crippen LogP contribution is -2.32. The first-order valence-corrected chi connectivity index (χ1v) is 6.60. The Hall–Kier alpha value is -1.37. The number of nitrogens with zero attached hydrogens (tertiary/aromatic N) is 2. The molecule has 0 fully saturated rings. The molecule has 0 N–H and O–H groups in total. The van der Waals surface area contributed by atoms with Crippen LogP contribution in [0.3, 0.4) is 0 Å². The Morgan fingerprint density at radius 2 is 2.11 bits per heavy atom. The average molecular weight is 333 g/mol. The second-order valence-corrected chi connectivity index (χ2v) is 5.27. The Kier molecular flexibility index (Phi) is 5.53. The molecule has 0 aliphatic carbocycles. The van der Waals surface area contributed by atoms with E-state index in [-0.39, 0.29) is 11.8 Å². The molecule has 0 spiro atoms. The third kappa shape index (κ3) is 3.79. The van der Waals surface area contributed by atoms with Crippen LogP contribution < -0.4 is 10.3 Å². The van der Waals surface area contributed by atoms with Gasteiger partial charge in [0.1, 0.15) is 10.6 Å². The number of carbonyl (C=O) groups excluding carboxylic acids is 1. The van der Waals surface area contributed by atoms with E-state index in [1.807, 2.05) is 13.8 Å². The Bertz CT molecular complexity index is 513. The molecule has 0 saturated heterocycles. The molecule has 19 heavy (non-hydrogen) atoms. The second kappa shape index (κ2) is 6.70. The summed E-state index contributed by atoms with van der Waals surface area (Å²) in [7, 11) is 2.66. The highest BCUT2D eigenvalue weighted by molar-refractivity contribution is 9.10. The van der Waals surface area contributed by atoms with Gasteiger partial charge in [0.25, 0.3) is 5.88 Å². The van der Waals surface area contributed by atoms with Crippen molar-refractivity contribution in [3.63, 3.8) is 0 Å². The Balaban J connectivity index is 3.33. The fraction of sp³-hybridized carbons (Fsp3) is 0.583. The lowest BCUT2D eigenvalue weighted by Gasteiger charge is -2.19. The van der Waals surface area contributed by atoms with Gasteiger partial charge in [-0.25, -0.2) is 4.79 Å². The van der Waals surface area contributed by atoms with Crippen molar-refractivity contribution in [3.8, 4) is 5.88 Å². The molecule has 106 valence electrons. The van der Waals surface area contributed by atoms with Crippen LogP contribution in [-0.2, 0) is 9.53 Å². The fourth-order valence-corrected chi connectivity index (χ4v) is 2.11. The number of carbonyl (C=O) groups is 1. The molecule has 0 saturated carbocycles. The molecular formula is C12H17BrN2O4. The minimum Gasteiger partial charge on any atom is -0.477 e. The SMILES string of the molecule is COC(=O)[C@H](CC(C)C)n1cc(Br)nc(OC)c1=O. The van der Waals surface area contributed by atoms with Gasteiger partial charge in [-0.3, -0.25) is 9.36 Å². The van der Waals surface area contributed by atoms with Crippen LogP contribution in [0.2, 0.25) is 0 Å². The highest BCUT2D eigenvalue weighted by atomic mass is 79.9. The van der Waals surface area contributed by atoms with E-state index in [1.54, 1.807) is 0 Å². The Morgan fingerprint density at radius 1 is 1.47 bits per heavy atom. The largest absolute Gasteiger partial charge is 0.477 e. The zero-order valence-electron chi connectivity index (χ0n) is 11.3. The normalized spacial score (nSPS) is 12.3. The highest BCUT2D eigenvalue weighted by Gasteiger charge is 2.25. The van der Waals surface area contributed by atoms with Gasteiger partial charge in [0.2, 0.25) is 0 Å². The monoisotopic (exact) mass is 332 g/mol. The van der Waals surface area contributed by atoms with E-state index >= 15 is 0 Å². The molecule has 6 nitrogen and oxygen atoms in total. The van der Waals surface area contributed by atoms with Crippen LogP contribution in [0.15, 0.2) is 15.6 Å². The zero-order chi connectivity index (χ0) is 14.6. The van der Waals surface area contributed by atoms with Gasteiger partial charge in [-0.1, -0.05) is 13.8 Å². The number of esters is 1. The van der Waals surface area contributed by atoms with Crippen molar-refractivity contribution in [2.75, 3.05) is 14.2 Å². The molecule has 1 aromatic rings. The van der Waals surface area contributed by atoms with Gasteiger partial charge >= 0.3 is 11.5 Å². The number of hydrogen-bond acceptors (Lipinski definition) is 5. The maximum atomic E-state index is 12.1. The molecule has 1 atom stereocenters. The summed E-state index contributed by atoms with van der Waals surface area (Å²) >= 11 is 3.19. The van der Waals surface area contributed by atoms with Crippen LogP contribution in [0.5, 0.6) is 5.88 Å². The zero-order valence-corrected chi connectivity index (χ0v) is 12.9. The van der Waals surface area contributed by atoms with Crippen molar-refractivity contribution < 1.29 is 14.3 Å². The molecule has 1 rings (SSSR count). The predicted molar refractivity (Wildman–Crippen MR) is 73.3 cm³/mol. The van der Waals surface area contributed by atoms with E-state index < -0.39 is 17.6 Å². The van der Waals surface area contributed by atoms with Crippen molar-refractivity contribution in [1.82, 2.24) is 9.55 Å². The van der Waals surface area contributed by atoms with E-state index in [9.17, 15) is 9.59 Å². The molecule has 0 bridgehead atoms. The third-order valence-electron chi connectivity index (χ3n) is 2.57. The summed E-state index contributed by atoms with van der Waals surface area (Å²) in [6, 6.07) is -0.689. The fourth-order valence-electron chi connectivity index (χ4n) is 1.73. The van der Waals surface area contributed by atoms with Gasteiger partial charge < -0.3 is 9.47 Å². The smallest absolute Gasteiger partial charge is 0.328 e. The summed E-state index contributed by atoms with van der Waals surface area (Å²) in [4.78, 5) is 27.9. The molecule has 0 aliphatic rings. The number of halogens is 1. The summed E-state index contributed by atoms with van der Waals surface area (Å²) in [5, 5.41) is 0. The van der Waals surface area contributed by atoms with Crippen molar-refractivity contribution in [2.24, 2.45) is 5.92 Å². The number of hydrogen-bond donors (Lipinski definition) is 0. The van der Waals surface area contributed by atoms with Gasteiger partial charge in [-0.15, -0.1) is 0 Å². The van der Waals surface area contributed by atoms with Crippen LogP contribution >= 0.6 is 15.9 Å². The molecule has 0 aliphatic heterocycles. The van der Waals surface area contributed by atoms with Crippen LogP contribution in [0.1, 0.15) is 26.3 Å². The number of ether oxygens (including phenoxy) is 2. The number of aromatic nitrogens is 2. The topological polar surface area (TPSA) is 70.4 Å².